The summed E-state index contributed by atoms with van der Waals surface area (Å²) in [6, 6.07) is 12.0. The second-order valence-corrected chi connectivity index (χ2v) is 14.0. The lowest BCUT2D eigenvalue weighted by molar-refractivity contribution is -0.143. The molecular formula is C34H46BBrN6O5. The lowest BCUT2D eigenvalue weighted by Gasteiger charge is -2.41. The molecular weight excluding hydrogens is 663 g/mol. The lowest BCUT2D eigenvalue weighted by Crippen LogP contribution is -2.56. The predicted molar refractivity (Wildman–Crippen MR) is 187 cm³/mol. The molecule has 0 saturated carbocycles. The number of carbonyl (C=O) groups is 3. The van der Waals surface area contributed by atoms with E-state index in [1.807, 2.05) is 47.0 Å². The molecule has 0 bridgehead atoms. The second-order valence-electron chi connectivity index (χ2n) is 13.1. The van der Waals surface area contributed by atoms with Crippen LogP contribution in [-0.4, -0.2) is 127 Å². The number of piperazine rings is 1. The summed E-state index contributed by atoms with van der Waals surface area (Å²) in [7, 11) is 0.630. The van der Waals surface area contributed by atoms with Crippen LogP contribution in [0.5, 0.6) is 5.75 Å². The molecule has 3 N–H and O–H groups in total. The van der Waals surface area contributed by atoms with Crippen molar-refractivity contribution in [2.24, 2.45) is 0 Å². The van der Waals surface area contributed by atoms with Crippen LogP contribution in [0.4, 0.5) is 15.3 Å². The van der Waals surface area contributed by atoms with Crippen molar-refractivity contribution in [3.63, 3.8) is 0 Å². The molecule has 11 nitrogen and oxygen atoms in total. The molecule has 4 heterocycles. The van der Waals surface area contributed by atoms with Gasteiger partial charge in [0.2, 0.25) is 0 Å². The number of rotatable bonds is 7. The van der Waals surface area contributed by atoms with Gasteiger partial charge in [0.15, 0.2) is 13.4 Å². The van der Waals surface area contributed by atoms with Crippen LogP contribution in [-0.2, 0) is 22.4 Å². The molecule has 2 aromatic rings. The third kappa shape index (κ3) is 7.89. The summed E-state index contributed by atoms with van der Waals surface area (Å²) < 4.78 is 6.62. The highest BCUT2D eigenvalue weighted by atomic mass is 79.9. The number of phenolic OH excluding ortho intramolecular Hbond substituents is 1. The van der Waals surface area contributed by atoms with Gasteiger partial charge in [0, 0.05) is 70.0 Å². The molecule has 4 aliphatic rings. The molecule has 252 valence electrons. The molecule has 13 heteroatoms. The number of hydrogen-bond donors (Lipinski definition) is 3. The Labute approximate surface area is 286 Å². The number of amides is 4. The molecule has 3 fully saturated rings. The maximum Gasteiger partial charge on any atom is 0.410 e. The van der Waals surface area contributed by atoms with Crippen molar-refractivity contribution in [1.82, 2.24) is 24.9 Å². The normalized spacial score (nSPS) is 20.6. The van der Waals surface area contributed by atoms with E-state index in [2.05, 4.69) is 31.5 Å². The SMILES string of the molecule is CBc1cc(C[C@@H](OC(=O)N2CCC(N3CCc4ccccc4NC3=O)CC2)C(=O)N2CCN(C3CCNCC3)CC2)cc(Br)c1O. The van der Waals surface area contributed by atoms with E-state index in [0.29, 0.717) is 63.4 Å². The van der Waals surface area contributed by atoms with Gasteiger partial charge in [-0.2, -0.15) is 0 Å². The van der Waals surface area contributed by atoms with Gasteiger partial charge in [-0.3, -0.25) is 9.69 Å². The first kappa shape index (κ1) is 33.6. The zero-order chi connectivity index (χ0) is 32.9. The first-order valence-electron chi connectivity index (χ1n) is 17.2. The van der Waals surface area contributed by atoms with Crippen LogP contribution >= 0.6 is 15.9 Å². The summed E-state index contributed by atoms with van der Waals surface area (Å²) in [5.41, 5.74) is 3.57. The highest BCUT2D eigenvalue weighted by Crippen LogP contribution is 2.27. The lowest BCUT2D eigenvalue weighted by atomic mass is 9.72. The van der Waals surface area contributed by atoms with Crippen molar-refractivity contribution in [3.05, 3.63) is 52.0 Å². The highest BCUT2D eigenvalue weighted by Gasteiger charge is 2.36. The summed E-state index contributed by atoms with van der Waals surface area (Å²) in [4.78, 5) is 48.6. The number of likely N-dealkylation sites (tertiary alicyclic amines) is 1. The summed E-state index contributed by atoms with van der Waals surface area (Å²) in [6.45, 7) is 8.36. The van der Waals surface area contributed by atoms with Gasteiger partial charge in [-0.25, -0.2) is 9.59 Å². The summed E-state index contributed by atoms with van der Waals surface area (Å²) in [5, 5.41) is 16.9. The van der Waals surface area contributed by atoms with Crippen molar-refractivity contribution >= 4 is 52.4 Å². The number of benzene rings is 2. The van der Waals surface area contributed by atoms with Gasteiger partial charge >= 0.3 is 12.1 Å². The molecule has 0 aliphatic carbocycles. The summed E-state index contributed by atoms with van der Waals surface area (Å²) in [5.74, 6) is 0.0104. The maximum atomic E-state index is 14.0. The minimum absolute atomic E-state index is 0.0174. The number of hydrogen-bond acceptors (Lipinski definition) is 7. The van der Waals surface area contributed by atoms with E-state index < -0.39 is 12.2 Å². The fourth-order valence-electron chi connectivity index (χ4n) is 7.48. The van der Waals surface area contributed by atoms with Crippen LogP contribution in [0.2, 0.25) is 6.82 Å². The van der Waals surface area contributed by atoms with E-state index in [9.17, 15) is 19.5 Å². The quantitative estimate of drug-likeness (QED) is 0.379. The van der Waals surface area contributed by atoms with Gasteiger partial charge in [-0.15, -0.1) is 0 Å². The number of ether oxygens (including phenoxy) is 1. The van der Waals surface area contributed by atoms with Crippen molar-refractivity contribution in [1.29, 1.82) is 0 Å². The Balaban J connectivity index is 1.10. The van der Waals surface area contributed by atoms with Gasteiger partial charge in [0.25, 0.3) is 5.91 Å². The number of nitrogens with one attached hydrogen (secondary N) is 2. The molecule has 0 radical (unpaired) electrons. The number of nitrogens with zero attached hydrogens (tertiary/aromatic N) is 4. The Morgan fingerprint density at radius 1 is 0.979 bits per heavy atom. The van der Waals surface area contributed by atoms with Crippen LogP contribution in [0.25, 0.3) is 0 Å². The number of halogens is 1. The Morgan fingerprint density at radius 2 is 1.70 bits per heavy atom. The molecule has 0 unspecified atom stereocenters. The first-order chi connectivity index (χ1) is 22.8. The molecule has 1 atom stereocenters. The largest absolute Gasteiger partial charge is 0.507 e. The van der Waals surface area contributed by atoms with E-state index in [-0.39, 0.29) is 30.2 Å². The van der Waals surface area contributed by atoms with Crippen LogP contribution < -0.4 is 16.1 Å². The second kappa shape index (κ2) is 15.3. The standard InChI is InChI=1S/C34H46BBrN6O5/c1-35-27-20-23(21-28(36)31(27)43)22-30(32(44)40-18-16-39(17-19-40)25-6-11-37-12-7-25)47-34(46)41-13-9-26(10-14-41)42-15-8-24-4-2-3-5-29(24)38-33(42)45/h2-5,20-21,25-26,30,35,37,43H,6-19,22H2,1H3,(H,38,45)/t30-/m1/s1. The van der Waals surface area contributed by atoms with Crippen LogP contribution in [0.15, 0.2) is 40.9 Å². The van der Waals surface area contributed by atoms with E-state index in [4.69, 9.17) is 4.74 Å². The molecule has 2 aromatic carbocycles. The third-order valence-corrected chi connectivity index (χ3v) is 10.9. The number of urea groups is 1. The average Bonchev–Trinajstić information content (AvgIpc) is 3.27. The number of aromatic hydroxyl groups is 1. The van der Waals surface area contributed by atoms with E-state index >= 15 is 0 Å². The van der Waals surface area contributed by atoms with E-state index in [1.54, 1.807) is 11.0 Å². The predicted octanol–water partition coefficient (Wildman–Crippen LogP) is 2.76. The van der Waals surface area contributed by atoms with Gasteiger partial charge in [-0.05, 0) is 89.8 Å². The van der Waals surface area contributed by atoms with Crippen LogP contribution in [0, 0.1) is 0 Å². The molecule has 0 aromatic heterocycles. The minimum atomic E-state index is -0.985. The van der Waals surface area contributed by atoms with Crippen LogP contribution in [0.3, 0.4) is 0 Å². The van der Waals surface area contributed by atoms with Crippen molar-refractivity contribution in [2.45, 2.75) is 63.5 Å². The Bertz CT molecular complexity index is 1440. The fourth-order valence-corrected chi connectivity index (χ4v) is 8.03. The van der Waals surface area contributed by atoms with Crippen molar-refractivity contribution < 1.29 is 24.2 Å². The average molecular weight is 709 g/mol. The summed E-state index contributed by atoms with van der Waals surface area (Å²) in [6.07, 6.45) is 3.03. The van der Waals surface area contributed by atoms with E-state index in [0.717, 1.165) is 67.7 Å². The van der Waals surface area contributed by atoms with Gasteiger partial charge in [-0.1, -0.05) is 31.1 Å². The van der Waals surface area contributed by atoms with Gasteiger partial charge in [0.05, 0.1) is 4.47 Å². The van der Waals surface area contributed by atoms with Crippen molar-refractivity contribution in [2.75, 3.05) is 64.2 Å². The first-order valence-corrected chi connectivity index (χ1v) is 17.9. The number of piperidine rings is 2. The molecule has 6 rings (SSSR count). The van der Waals surface area contributed by atoms with Crippen LogP contribution in [0.1, 0.15) is 36.8 Å². The molecule has 0 spiro atoms. The number of fused-ring (bicyclic) bond motifs is 1. The molecule has 4 aliphatic heterocycles. The number of phenols is 1. The third-order valence-electron chi connectivity index (χ3n) is 10.3. The Morgan fingerprint density at radius 3 is 2.43 bits per heavy atom. The highest BCUT2D eigenvalue weighted by molar-refractivity contribution is 9.10. The monoisotopic (exact) mass is 708 g/mol. The molecule has 4 amide bonds. The zero-order valence-electron chi connectivity index (χ0n) is 27.3. The van der Waals surface area contributed by atoms with Gasteiger partial charge in [0.1, 0.15) is 5.75 Å². The molecule has 3 saturated heterocycles. The Kier molecular flexibility index (Phi) is 10.9. The topological polar surface area (TPSA) is 118 Å². The Hall–Kier alpha value is -3.29. The minimum Gasteiger partial charge on any atom is -0.507 e. The number of para-hydroxylation sites is 1. The summed E-state index contributed by atoms with van der Waals surface area (Å²) >= 11 is 3.45. The molecule has 47 heavy (non-hydrogen) atoms. The smallest absolute Gasteiger partial charge is 0.410 e. The van der Waals surface area contributed by atoms with Crippen molar-refractivity contribution in [3.8, 4) is 5.75 Å². The zero-order valence-corrected chi connectivity index (χ0v) is 28.8. The fraction of sp³-hybridized carbons (Fsp3) is 0.559. The van der Waals surface area contributed by atoms with E-state index in [1.165, 1.54) is 0 Å². The maximum absolute atomic E-state index is 14.0. The van der Waals surface area contributed by atoms with Gasteiger partial charge < -0.3 is 35.2 Å². The number of anilines is 1. The number of carbonyl (C=O) groups excluding carboxylic acids is 3.